The predicted octanol–water partition coefficient (Wildman–Crippen LogP) is 5.33. The summed E-state index contributed by atoms with van der Waals surface area (Å²) in [7, 11) is 0. The van der Waals surface area contributed by atoms with Gasteiger partial charge in [0.25, 0.3) is 0 Å². The van der Waals surface area contributed by atoms with Crippen LogP contribution in [0.1, 0.15) is 34.6 Å². The molecule has 0 radical (unpaired) electrons. The van der Waals surface area contributed by atoms with Crippen molar-refractivity contribution in [3.8, 4) is 0 Å². The number of nitrogens with two attached hydrogens (primary N) is 1. The van der Waals surface area contributed by atoms with E-state index in [1.165, 1.54) is 54.7 Å². The van der Waals surface area contributed by atoms with Crippen molar-refractivity contribution >= 4 is 23.2 Å². The van der Waals surface area contributed by atoms with Crippen molar-refractivity contribution < 1.29 is 22.7 Å². The Balaban J connectivity index is 1.22. The number of carbonyl (C=O) groups excluding carboxylic acids is 1. The molecule has 1 aliphatic heterocycles. The molecule has 0 bridgehead atoms. The lowest BCUT2D eigenvalue weighted by molar-refractivity contribution is -0.117. The highest BCUT2D eigenvalue weighted by molar-refractivity contribution is 6.31. The van der Waals surface area contributed by atoms with Crippen LogP contribution in [0.3, 0.4) is 0 Å². The Kier molecular flexibility index (Phi) is 11.2. The molecule has 5 N–H and O–H groups in total. The number of hydrogen-bond donors (Lipinski definition) is 4. The van der Waals surface area contributed by atoms with Crippen molar-refractivity contribution in [1.29, 1.82) is 0 Å². The molecule has 236 valence electrons. The van der Waals surface area contributed by atoms with Gasteiger partial charge >= 0.3 is 0 Å². The quantitative estimate of drug-likeness (QED) is 0.168. The highest BCUT2D eigenvalue weighted by atomic mass is 35.5. The number of aromatic nitrogens is 1. The smallest absolute Gasteiger partial charge is 0.242 e. The van der Waals surface area contributed by atoms with Crippen molar-refractivity contribution in [2.45, 2.75) is 43.6 Å². The summed E-state index contributed by atoms with van der Waals surface area (Å²) in [6, 6.07) is 17.7. The van der Waals surface area contributed by atoms with Gasteiger partial charge in [-0.3, -0.25) is 9.78 Å². The third-order valence-electron chi connectivity index (χ3n) is 7.87. The highest BCUT2D eigenvalue weighted by Crippen LogP contribution is 2.29. The maximum absolute atomic E-state index is 15.1. The van der Waals surface area contributed by atoms with Crippen molar-refractivity contribution in [2.24, 2.45) is 5.73 Å². The minimum Gasteiger partial charge on any atom is -0.371 e. The van der Waals surface area contributed by atoms with Crippen LogP contribution in [0.15, 0.2) is 85.2 Å². The fourth-order valence-electron chi connectivity index (χ4n) is 5.52. The summed E-state index contributed by atoms with van der Waals surface area (Å²) in [6.07, 6.45) is 3.01. The van der Waals surface area contributed by atoms with Crippen LogP contribution in [0.2, 0.25) is 5.02 Å². The fraction of sp³-hybridized carbons (Fsp3) is 0.294. The molecule has 1 fully saturated rings. The average molecular weight is 638 g/mol. The van der Waals surface area contributed by atoms with E-state index in [9.17, 15) is 13.6 Å². The lowest BCUT2D eigenvalue weighted by Gasteiger charge is -2.31. The molecule has 3 atom stereocenters. The second-order valence-electron chi connectivity index (χ2n) is 11.0. The van der Waals surface area contributed by atoms with Crippen LogP contribution in [-0.2, 0) is 22.5 Å². The number of morpholine rings is 1. The number of benzene rings is 3. The van der Waals surface area contributed by atoms with Gasteiger partial charge in [-0.1, -0.05) is 54.1 Å². The van der Waals surface area contributed by atoms with E-state index in [-0.39, 0.29) is 29.9 Å². The summed E-state index contributed by atoms with van der Waals surface area (Å²) < 4.78 is 48.7. The first-order valence-corrected chi connectivity index (χ1v) is 15.2. The first-order chi connectivity index (χ1) is 21.8. The van der Waals surface area contributed by atoms with E-state index in [0.29, 0.717) is 48.7 Å². The first-order valence-electron chi connectivity index (χ1n) is 14.8. The maximum atomic E-state index is 15.1. The third-order valence-corrected chi connectivity index (χ3v) is 8.24. The molecule has 45 heavy (non-hydrogen) atoms. The van der Waals surface area contributed by atoms with Crippen LogP contribution in [0.5, 0.6) is 0 Å². The molecule has 0 aliphatic carbocycles. The number of pyridine rings is 1. The van der Waals surface area contributed by atoms with Gasteiger partial charge in [-0.25, -0.2) is 13.2 Å². The monoisotopic (exact) mass is 637 g/mol. The predicted molar refractivity (Wildman–Crippen MR) is 168 cm³/mol. The van der Waals surface area contributed by atoms with Gasteiger partial charge in [0.1, 0.15) is 17.5 Å². The zero-order valence-electron chi connectivity index (χ0n) is 24.5. The number of rotatable bonds is 12. The maximum Gasteiger partial charge on any atom is 0.242 e. The number of halogens is 4. The first kappa shape index (κ1) is 32.6. The topological polar surface area (TPSA) is 101 Å². The molecule has 7 nitrogen and oxygen atoms in total. The van der Waals surface area contributed by atoms with Crippen LogP contribution >= 0.6 is 11.6 Å². The average Bonchev–Trinajstić information content (AvgIpc) is 3.04. The van der Waals surface area contributed by atoms with Crippen LogP contribution in [0.4, 0.5) is 18.9 Å². The van der Waals surface area contributed by atoms with E-state index in [0.717, 1.165) is 11.8 Å². The van der Waals surface area contributed by atoms with Crippen LogP contribution in [0, 0.1) is 17.5 Å². The summed E-state index contributed by atoms with van der Waals surface area (Å²) >= 11 is 6.25. The number of nitrogens with one attached hydrogen (secondary N) is 3. The van der Waals surface area contributed by atoms with E-state index < -0.39 is 35.3 Å². The van der Waals surface area contributed by atoms with Gasteiger partial charge in [0, 0.05) is 42.7 Å². The van der Waals surface area contributed by atoms with Gasteiger partial charge < -0.3 is 26.4 Å². The van der Waals surface area contributed by atoms with Crippen LogP contribution < -0.4 is 21.7 Å². The fourth-order valence-corrected chi connectivity index (χ4v) is 5.72. The van der Waals surface area contributed by atoms with E-state index in [2.05, 4.69) is 20.9 Å². The number of ether oxygens (including phenoxy) is 1. The SMILES string of the molecule is N[C@H](C(=O)Nc1cncc(F)c1CC[C@@H]1CNC[C@H](CNCc2ccccc2Cl)O1)C(c1ccc(F)cc1)c1ccc(F)cc1. The van der Waals surface area contributed by atoms with E-state index >= 15 is 4.39 Å². The Morgan fingerprint density at radius 1 is 0.956 bits per heavy atom. The summed E-state index contributed by atoms with van der Waals surface area (Å²) in [4.78, 5) is 17.4. The third kappa shape index (κ3) is 8.68. The standard InChI is InChI=1S/C34H35ClF3N5O2/c35-29-4-2-1-3-23(29)15-40-17-27-18-41-16-26(45-27)13-14-28-30(38)19-42-20-31(28)43-34(44)33(39)32(21-5-9-24(36)10-6-21)22-7-11-25(37)12-8-22/h1-12,19-20,26-27,32-33,40-41H,13-18,39H2,(H,43,44)/t26-,27+,33+/m1/s1. The normalized spacial score (nSPS) is 17.3. The van der Waals surface area contributed by atoms with Crippen LogP contribution in [-0.4, -0.2) is 48.8 Å². The molecule has 1 aromatic heterocycles. The number of carbonyl (C=O) groups is 1. The Labute approximate surface area is 265 Å². The zero-order valence-corrected chi connectivity index (χ0v) is 25.2. The molecule has 1 saturated heterocycles. The largest absolute Gasteiger partial charge is 0.371 e. The molecule has 3 aromatic carbocycles. The molecule has 1 aliphatic rings. The van der Waals surface area contributed by atoms with Gasteiger partial charge in [0.2, 0.25) is 5.91 Å². The van der Waals surface area contributed by atoms with Crippen LogP contribution in [0.25, 0.3) is 0 Å². The van der Waals surface area contributed by atoms with Gasteiger partial charge in [-0.05, 0) is 59.9 Å². The second-order valence-corrected chi connectivity index (χ2v) is 11.4. The van der Waals surface area contributed by atoms with Gasteiger partial charge in [0.05, 0.1) is 36.3 Å². The lowest BCUT2D eigenvalue weighted by atomic mass is 9.85. The molecular formula is C34H35ClF3N5O2. The van der Waals surface area contributed by atoms with Gasteiger partial charge in [0.15, 0.2) is 0 Å². The minimum atomic E-state index is -1.16. The van der Waals surface area contributed by atoms with E-state index in [1.54, 1.807) is 0 Å². The van der Waals surface area contributed by atoms with Crippen molar-refractivity contribution in [3.63, 3.8) is 0 Å². The van der Waals surface area contributed by atoms with Crippen molar-refractivity contribution in [3.05, 3.63) is 130 Å². The number of anilines is 1. The Hall–Kier alpha value is -3.80. The molecule has 2 heterocycles. The summed E-state index contributed by atoms with van der Waals surface area (Å²) in [5.74, 6) is -2.76. The second kappa shape index (κ2) is 15.5. The summed E-state index contributed by atoms with van der Waals surface area (Å²) in [5, 5.41) is 10.2. The molecule has 0 saturated carbocycles. The minimum absolute atomic E-state index is 0.0828. The van der Waals surface area contributed by atoms with Gasteiger partial charge in [-0.15, -0.1) is 0 Å². The Morgan fingerprint density at radius 2 is 1.60 bits per heavy atom. The van der Waals surface area contributed by atoms with E-state index in [4.69, 9.17) is 22.1 Å². The molecule has 4 aromatic rings. The Bertz CT molecular complexity index is 1530. The molecule has 0 spiro atoms. The lowest BCUT2D eigenvalue weighted by Crippen LogP contribution is -2.48. The van der Waals surface area contributed by atoms with Crippen molar-refractivity contribution in [1.82, 2.24) is 15.6 Å². The molecule has 0 unspecified atom stereocenters. The number of amides is 1. The molecule has 5 rings (SSSR count). The summed E-state index contributed by atoms with van der Waals surface area (Å²) in [6.45, 7) is 2.51. The highest BCUT2D eigenvalue weighted by Gasteiger charge is 2.29. The Morgan fingerprint density at radius 3 is 2.27 bits per heavy atom. The van der Waals surface area contributed by atoms with Gasteiger partial charge in [-0.2, -0.15) is 0 Å². The molecule has 11 heteroatoms. The molecular weight excluding hydrogens is 603 g/mol. The van der Waals surface area contributed by atoms with Crippen molar-refractivity contribution in [2.75, 3.05) is 25.0 Å². The number of nitrogens with zero attached hydrogens (tertiary/aromatic N) is 1. The number of hydrogen-bond acceptors (Lipinski definition) is 6. The van der Waals surface area contributed by atoms with E-state index in [1.807, 2.05) is 24.3 Å². The molecule has 1 amide bonds. The summed E-state index contributed by atoms with van der Waals surface area (Å²) in [5.41, 5.74) is 9.11. The zero-order chi connectivity index (χ0) is 31.8.